The molecule has 0 radical (unpaired) electrons. The fraction of sp³-hybridized carbons (Fsp3) is 0.400. The maximum absolute atomic E-state index is 5.74. The van der Waals surface area contributed by atoms with Crippen LogP contribution in [0, 0.1) is 0 Å². The van der Waals surface area contributed by atoms with Gasteiger partial charge in [-0.1, -0.05) is 19.1 Å². The predicted molar refractivity (Wildman–Crippen MR) is 96.5 cm³/mol. The number of fused-ring (bicyclic) bond motifs is 1. The molecule has 0 unspecified atom stereocenters. The summed E-state index contributed by atoms with van der Waals surface area (Å²) in [5, 5.41) is 3.45. The van der Waals surface area contributed by atoms with E-state index in [0.29, 0.717) is 20.0 Å². The van der Waals surface area contributed by atoms with E-state index in [0.717, 1.165) is 53.6 Å². The molecule has 0 saturated heterocycles. The van der Waals surface area contributed by atoms with Crippen molar-refractivity contribution < 1.29 is 18.9 Å². The number of benzene rings is 2. The van der Waals surface area contributed by atoms with Crippen LogP contribution in [0.25, 0.3) is 0 Å². The smallest absolute Gasteiger partial charge is 0.231 e. The minimum absolute atomic E-state index is 0.304. The Morgan fingerprint density at radius 1 is 0.880 bits per heavy atom. The fourth-order valence-electron chi connectivity index (χ4n) is 2.66. The Morgan fingerprint density at radius 3 is 2.44 bits per heavy atom. The van der Waals surface area contributed by atoms with Crippen molar-refractivity contribution >= 4 is 0 Å². The Kier molecular flexibility index (Phi) is 6.01. The van der Waals surface area contributed by atoms with E-state index in [1.54, 1.807) is 0 Å². The quantitative estimate of drug-likeness (QED) is 0.748. The van der Waals surface area contributed by atoms with Crippen LogP contribution in [0.3, 0.4) is 0 Å². The lowest BCUT2D eigenvalue weighted by Gasteiger charge is -2.13. The highest BCUT2D eigenvalue weighted by Gasteiger charge is 2.13. The molecule has 0 amide bonds. The molecule has 1 N–H and O–H groups in total. The van der Waals surface area contributed by atoms with Crippen LogP contribution in [-0.4, -0.2) is 20.0 Å². The molecule has 0 aromatic heterocycles. The maximum Gasteiger partial charge on any atom is 0.231 e. The average molecular weight is 343 g/mol. The first-order valence-corrected chi connectivity index (χ1v) is 8.78. The molecule has 3 rings (SSSR count). The van der Waals surface area contributed by atoms with Crippen molar-refractivity contribution in [3.05, 3.63) is 47.5 Å². The van der Waals surface area contributed by atoms with Gasteiger partial charge in [-0.2, -0.15) is 0 Å². The van der Waals surface area contributed by atoms with Crippen molar-refractivity contribution in [3.63, 3.8) is 0 Å². The summed E-state index contributed by atoms with van der Waals surface area (Å²) >= 11 is 0. The van der Waals surface area contributed by atoms with Crippen molar-refractivity contribution in [1.82, 2.24) is 5.32 Å². The molecule has 0 saturated carbocycles. The molecule has 25 heavy (non-hydrogen) atoms. The van der Waals surface area contributed by atoms with Crippen LogP contribution < -0.4 is 24.3 Å². The minimum atomic E-state index is 0.304. The van der Waals surface area contributed by atoms with Crippen molar-refractivity contribution in [2.24, 2.45) is 0 Å². The summed E-state index contributed by atoms with van der Waals surface area (Å²) in [6.07, 6.45) is 0.977. The van der Waals surface area contributed by atoms with Gasteiger partial charge in [0, 0.05) is 13.1 Å². The van der Waals surface area contributed by atoms with Gasteiger partial charge in [0.1, 0.15) is 0 Å². The monoisotopic (exact) mass is 343 g/mol. The van der Waals surface area contributed by atoms with Gasteiger partial charge in [0.2, 0.25) is 6.79 Å². The topological polar surface area (TPSA) is 49.0 Å². The molecule has 2 aromatic carbocycles. The zero-order valence-electron chi connectivity index (χ0n) is 14.8. The number of hydrogen-bond donors (Lipinski definition) is 1. The van der Waals surface area contributed by atoms with E-state index < -0.39 is 0 Å². The molecule has 2 aromatic rings. The Morgan fingerprint density at radius 2 is 1.64 bits per heavy atom. The van der Waals surface area contributed by atoms with Crippen molar-refractivity contribution in [2.75, 3.05) is 20.0 Å². The molecular weight excluding hydrogens is 318 g/mol. The Balaban J connectivity index is 1.58. The van der Waals surface area contributed by atoms with E-state index >= 15 is 0 Å². The lowest BCUT2D eigenvalue weighted by molar-refractivity contribution is 0.174. The van der Waals surface area contributed by atoms with Gasteiger partial charge in [0.15, 0.2) is 23.0 Å². The Bertz CT molecular complexity index is 702. The Hall–Kier alpha value is -2.40. The average Bonchev–Trinajstić information content (AvgIpc) is 3.09. The van der Waals surface area contributed by atoms with Gasteiger partial charge in [-0.3, -0.25) is 0 Å². The van der Waals surface area contributed by atoms with E-state index in [2.05, 4.69) is 18.3 Å². The van der Waals surface area contributed by atoms with E-state index in [1.165, 1.54) is 0 Å². The number of hydrogen-bond acceptors (Lipinski definition) is 5. The molecule has 0 bridgehead atoms. The summed E-state index contributed by atoms with van der Waals surface area (Å²) in [7, 11) is 0. The van der Waals surface area contributed by atoms with Crippen LogP contribution in [0.1, 0.15) is 31.4 Å². The summed E-state index contributed by atoms with van der Waals surface area (Å²) in [6, 6.07) is 12.1. The molecule has 0 aliphatic carbocycles. The van der Waals surface area contributed by atoms with Crippen LogP contribution in [0.4, 0.5) is 0 Å². The van der Waals surface area contributed by atoms with Crippen molar-refractivity contribution in [2.45, 2.75) is 33.4 Å². The Labute approximate surface area is 148 Å². The third kappa shape index (κ3) is 4.57. The van der Waals surface area contributed by atoms with Gasteiger partial charge in [0.05, 0.1) is 13.2 Å². The summed E-state index contributed by atoms with van der Waals surface area (Å²) in [5.74, 6) is 3.24. The summed E-state index contributed by atoms with van der Waals surface area (Å²) in [5.41, 5.74) is 2.32. The van der Waals surface area contributed by atoms with Gasteiger partial charge in [-0.25, -0.2) is 0 Å². The molecule has 134 valence electrons. The van der Waals surface area contributed by atoms with Crippen LogP contribution in [-0.2, 0) is 13.1 Å². The zero-order valence-corrected chi connectivity index (χ0v) is 14.8. The molecule has 1 aliphatic rings. The first-order valence-electron chi connectivity index (χ1n) is 8.78. The molecular formula is C20H25NO4. The first-order chi connectivity index (χ1) is 12.3. The fourth-order valence-corrected chi connectivity index (χ4v) is 2.66. The third-order valence-electron chi connectivity index (χ3n) is 3.86. The van der Waals surface area contributed by atoms with Crippen LogP contribution in [0.15, 0.2) is 36.4 Å². The van der Waals surface area contributed by atoms with Crippen LogP contribution >= 0.6 is 0 Å². The van der Waals surface area contributed by atoms with Crippen LogP contribution in [0.2, 0.25) is 0 Å². The van der Waals surface area contributed by atoms with Gasteiger partial charge < -0.3 is 24.3 Å². The molecule has 0 spiro atoms. The predicted octanol–water partition coefficient (Wildman–Crippen LogP) is 3.89. The molecule has 1 aliphatic heterocycles. The first kappa shape index (κ1) is 17.4. The number of ether oxygens (including phenoxy) is 4. The SMILES string of the molecule is CCCOc1ccc(CNCc2ccc3c(c2)OCO3)cc1OCC. The second kappa shape index (κ2) is 8.62. The third-order valence-corrected chi connectivity index (χ3v) is 3.86. The summed E-state index contributed by atoms with van der Waals surface area (Å²) in [6.45, 7) is 7.21. The molecule has 5 nitrogen and oxygen atoms in total. The highest BCUT2D eigenvalue weighted by atomic mass is 16.7. The highest BCUT2D eigenvalue weighted by molar-refractivity contribution is 5.45. The minimum Gasteiger partial charge on any atom is -0.490 e. The number of nitrogens with one attached hydrogen (secondary N) is 1. The second-order valence-corrected chi connectivity index (χ2v) is 5.85. The standard InChI is InChI=1S/C20H25NO4/c1-3-9-23-17-7-5-15(10-19(17)22-4-2)12-21-13-16-6-8-18-20(11-16)25-14-24-18/h5-8,10-11,21H,3-4,9,12-14H2,1-2H3. The molecule has 0 fully saturated rings. The van der Waals surface area contributed by atoms with Crippen LogP contribution in [0.5, 0.6) is 23.0 Å². The van der Waals surface area contributed by atoms with E-state index in [1.807, 2.05) is 37.3 Å². The normalized spacial score (nSPS) is 12.2. The second-order valence-electron chi connectivity index (χ2n) is 5.85. The maximum atomic E-state index is 5.74. The van der Waals surface area contributed by atoms with E-state index in [-0.39, 0.29) is 0 Å². The van der Waals surface area contributed by atoms with E-state index in [9.17, 15) is 0 Å². The van der Waals surface area contributed by atoms with Gasteiger partial charge in [-0.05, 0) is 48.7 Å². The van der Waals surface area contributed by atoms with Gasteiger partial charge in [0.25, 0.3) is 0 Å². The van der Waals surface area contributed by atoms with Crippen molar-refractivity contribution in [1.29, 1.82) is 0 Å². The van der Waals surface area contributed by atoms with E-state index in [4.69, 9.17) is 18.9 Å². The molecule has 1 heterocycles. The summed E-state index contributed by atoms with van der Waals surface area (Å²) < 4.78 is 22.2. The molecule has 0 atom stereocenters. The number of rotatable bonds is 9. The zero-order chi connectivity index (χ0) is 17.5. The largest absolute Gasteiger partial charge is 0.490 e. The molecule has 5 heteroatoms. The summed E-state index contributed by atoms with van der Waals surface area (Å²) in [4.78, 5) is 0. The lowest BCUT2D eigenvalue weighted by atomic mass is 10.1. The van der Waals surface area contributed by atoms with Crippen molar-refractivity contribution in [3.8, 4) is 23.0 Å². The highest BCUT2D eigenvalue weighted by Crippen LogP contribution is 2.32. The van der Waals surface area contributed by atoms with Gasteiger partial charge >= 0.3 is 0 Å². The van der Waals surface area contributed by atoms with Gasteiger partial charge in [-0.15, -0.1) is 0 Å². The lowest BCUT2D eigenvalue weighted by Crippen LogP contribution is -2.13.